The average molecular weight is 340 g/mol. The van der Waals surface area contributed by atoms with E-state index in [2.05, 4.69) is 0 Å². The quantitative estimate of drug-likeness (QED) is 0.803. The number of hydrogen-bond donors (Lipinski definition) is 0. The molecule has 0 aliphatic carbocycles. The van der Waals surface area contributed by atoms with Gasteiger partial charge in [-0.25, -0.2) is 13.2 Å². The topological polar surface area (TPSA) is 60.4 Å². The number of sulfone groups is 1. The number of rotatable bonds is 3. The Morgan fingerprint density at radius 1 is 0.875 bits per heavy atom. The molecule has 4 nitrogen and oxygen atoms in total. The molecule has 122 valence electrons. The van der Waals surface area contributed by atoms with E-state index in [1.165, 1.54) is 12.1 Å². The van der Waals surface area contributed by atoms with Gasteiger partial charge < -0.3 is 4.74 Å². The second-order valence-corrected chi connectivity index (χ2v) is 7.47. The summed E-state index contributed by atoms with van der Waals surface area (Å²) in [6, 6.07) is 15.8. The van der Waals surface area contributed by atoms with Crippen LogP contribution in [0.5, 0.6) is 0 Å². The molecule has 0 radical (unpaired) electrons. The van der Waals surface area contributed by atoms with Gasteiger partial charge >= 0.3 is 5.97 Å². The molecule has 0 saturated carbocycles. The molecule has 2 aromatic carbocycles. The van der Waals surface area contributed by atoms with Crippen molar-refractivity contribution in [3.8, 4) is 0 Å². The summed E-state index contributed by atoms with van der Waals surface area (Å²) in [6.07, 6.45) is 2.90. The number of cyclic esters (lactones) is 1. The molecule has 0 atom stereocenters. The maximum absolute atomic E-state index is 12.4. The van der Waals surface area contributed by atoms with Crippen LogP contribution in [0.4, 0.5) is 0 Å². The number of benzene rings is 2. The molecule has 1 aliphatic heterocycles. The Balaban J connectivity index is 2.20. The van der Waals surface area contributed by atoms with Gasteiger partial charge in [0.05, 0.1) is 10.5 Å². The third kappa shape index (κ3) is 2.90. The zero-order valence-electron chi connectivity index (χ0n) is 13.3. The van der Waals surface area contributed by atoms with Gasteiger partial charge in [-0.1, -0.05) is 42.5 Å². The first kappa shape index (κ1) is 16.2. The third-order valence-corrected chi connectivity index (χ3v) is 4.93. The SMILES string of the molecule is C/C=C1\OC(=O)C(c2ccc(S(C)(=O)=O)cc2)=C1c1ccccc1. The van der Waals surface area contributed by atoms with Crippen molar-refractivity contribution in [1.29, 1.82) is 0 Å². The number of ether oxygens (including phenoxy) is 1. The van der Waals surface area contributed by atoms with Crippen molar-refractivity contribution in [2.24, 2.45) is 0 Å². The fourth-order valence-electron chi connectivity index (χ4n) is 2.65. The zero-order chi connectivity index (χ0) is 17.3. The molecule has 1 aliphatic rings. The Labute approximate surface area is 141 Å². The first-order valence-corrected chi connectivity index (χ1v) is 9.30. The summed E-state index contributed by atoms with van der Waals surface area (Å²) in [4.78, 5) is 12.6. The lowest BCUT2D eigenvalue weighted by atomic mass is 9.95. The lowest BCUT2D eigenvalue weighted by Gasteiger charge is -2.06. The minimum absolute atomic E-state index is 0.214. The number of esters is 1. The maximum atomic E-state index is 12.4. The summed E-state index contributed by atoms with van der Waals surface area (Å²) in [5.74, 6) is 0.0717. The summed E-state index contributed by atoms with van der Waals surface area (Å²) < 4.78 is 28.6. The molecule has 1 heterocycles. The maximum Gasteiger partial charge on any atom is 0.344 e. The molecular formula is C19H16O4S. The molecular weight excluding hydrogens is 324 g/mol. The fourth-order valence-corrected chi connectivity index (χ4v) is 3.28. The summed E-state index contributed by atoms with van der Waals surface area (Å²) in [5.41, 5.74) is 2.66. The number of allylic oxidation sites excluding steroid dienone is 2. The first-order valence-electron chi connectivity index (χ1n) is 7.41. The van der Waals surface area contributed by atoms with Gasteiger partial charge in [-0.2, -0.15) is 0 Å². The summed E-state index contributed by atoms with van der Waals surface area (Å²) in [5, 5.41) is 0. The molecule has 0 fully saturated rings. The molecule has 2 aromatic rings. The standard InChI is InChI=1S/C19H16O4S/c1-3-16-17(13-7-5-4-6-8-13)18(19(20)23-16)14-9-11-15(12-10-14)24(2,21)22/h3-12H,1-2H3/b16-3-. The van der Waals surface area contributed by atoms with Gasteiger partial charge in [0.2, 0.25) is 0 Å². The van der Waals surface area contributed by atoms with E-state index in [1.54, 1.807) is 25.1 Å². The van der Waals surface area contributed by atoms with Crippen LogP contribution in [0.1, 0.15) is 18.1 Å². The zero-order valence-corrected chi connectivity index (χ0v) is 14.1. The Bertz CT molecular complexity index is 950. The van der Waals surface area contributed by atoms with E-state index < -0.39 is 15.8 Å². The van der Waals surface area contributed by atoms with Crippen LogP contribution in [0.2, 0.25) is 0 Å². The van der Waals surface area contributed by atoms with Crippen LogP contribution in [0.15, 0.2) is 71.3 Å². The fraction of sp³-hybridized carbons (Fsp3) is 0.105. The van der Waals surface area contributed by atoms with Gasteiger partial charge in [0, 0.05) is 11.8 Å². The highest BCUT2D eigenvalue weighted by Gasteiger charge is 2.31. The van der Waals surface area contributed by atoms with E-state index in [9.17, 15) is 13.2 Å². The van der Waals surface area contributed by atoms with Gasteiger partial charge in [-0.05, 0) is 36.3 Å². The van der Waals surface area contributed by atoms with Crippen molar-refractivity contribution < 1.29 is 17.9 Å². The van der Waals surface area contributed by atoms with E-state index >= 15 is 0 Å². The van der Waals surface area contributed by atoms with Gasteiger partial charge in [0.1, 0.15) is 5.76 Å². The van der Waals surface area contributed by atoms with Crippen molar-refractivity contribution in [3.05, 3.63) is 77.6 Å². The van der Waals surface area contributed by atoms with Crippen LogP contribution in [-0.2, 0) is 19.4 Å². The van der Waals surface area contributed by atoms with Crippen molar-refractivity contribution in [2.75, 3.05) is 6.26 Å². The van der Waals surface area contributed by atoms with Crippen molar-refractivity contribution in [2.45, 2.75) is 11.8 Å². The van der Waals surface area contributed by atoms with Gasteiger partial charge in [0.25, 0.3) is 0 Å². The molecule has 0 bridgehead atoms. The van der Waals surface area contributed by atoms with E-state index in [-0.39, 0.29) is 4.90 Å². The first-order chi connectivity index (χ1) is 11.4. The smallest absolute Gasteiger partial charge is 0.344 e. The Hall–Kier alpha value is -2.66. The highest BCUT2D eigenvalue weighted by Crippen LogP contribution is 2.39. The minimum atomic E-state index is -3.28. The van der Waals surface area contributed by atoms with E-state index in [0.29, 0.717) is 16.9 Å². The average Bonchev–Trinajstić information content (AvgIpc) is 2.91. The summed E-state index contributed by atoms with van der Waals surface area (Å²) in [7, 11) is -3.28. The van der Waals surface area contributed by atoms with Gasteiger partial charge in [-0.3, -0.25) is 0 Å². The number of hydrogen-bond acceptors (Lipinski definition) is 4. The lowest BCUT2D eigenvalue weighted by molar-refractivity contribution is -0.131. The van der Waals surface area contributed by atoms with E-state index in [0.717, 1.165) is 17.4 Å². The molecule has 0 N–H and O–H groups in total. The van der Waals surface area contributed by atoms with Crippen LogP contribution in [0.3, 0.4) is 0 Å². The van der Waals surface area contributed by atoms with E-state index in [4.69, 9.17) is 4.74 Å². The van der Waals surface area contributed by atoms with Crippen LogP contribution >= 0.6 is 0 Å². The Morgan fingerprint density at radius 2 is 1.46 bits per heavy atom. The van der Waals surface area contributed by atoms with Gasteiger partial charge in [-0.15, -0.1) is 0 Å². The molecule has 0 saturated heterocycles. The normalized spacial score (nSPS) is 16.6. The lowest BCUT2D eigenvalue weighted by Crippen LogP contribution is -2.00. The molecule has 0 unspecified atom stereocenters. The number of carbonyl (C=O) groups is 1. The van der Waals surface area contributed by atoms with Crippen LogP contribution in [0.25, 0.3) is 11.1 Å². The molecule has 0 spiro atoms. The van der Waals surface area contributed by atoms with Gasteiger partial charge in [0.15, 0.2) is 9.84 Å². The second kappa shape index (κ2) is 6.09. The summed E-state index contributed by atoms with van der Waals surface area (Å²) in [6.45, 7) is 1.81. The van der Waals surface area contributed by atoms with Crippen molar-refractivity contribution >= 4 is 27.0 Å². The third-order valence-electron chi connectivity index (χ3n) is 3.80. The van der Waals surface area contributed by atoms with Crippen LogP contribution < -0.4 is 0 Å². The molecule has 0 aromatic heterocycles. The highest BCUT2D eigenvalue weighted by atomic mass is 32.2. The predicted octanol–water partition coefficient (Wildman–Crippen LogP) is 3.46. The molecule has 5 heteroatoms. The van der Waals surface area contributed by atoms with Crippen LogP contribution in [0, 0.1) is 0 Å². The molecule has 0 amide bonds. The Morgan fingerprint density at radius 3 is 2.00 bits per heavy atom. The number of carbonyl (C=O) groups excluding carboxylic acids is 1. The minimum Gasteiger partial charge on any atom is -0.423 e. The molecule has 24 heavy (non-hydrogen) atoms. The molecule has 3 rings (SSSR count). The monoisotopic (exact) mass is 340 g/mol. The Kier molecular flexibility index (Phi) is 4.11. The summed E-state index contributed by atoms with van der Waals surface area (Å²) >= 11 is 0. The van der Waals surface area contributed by atoms with E-state index in [1.807, 2.05) is 30.3 Å². The van der Waals surface area contributed by atoms with Crippen LogP contribution in [-0.4, -0.2) is 20.6 Å². The van der Waals surface area contributed by atoms with Crippen molar-refractivity contribution in [1.82, 2.24) is 0 Å². The largest absolute Gasteiger partial charge is 0.423 e. The predicted molar refractivity (Wildman–Crippen MR) is 92.7 cm³/mol. The second-order valence-electron chi connectivity index (χ2n) is 5.46. The highest BCUT2D eigenvalue weighted by molar-refractivity contribution is 7.90. The van der Waals surface area contributed by atoms with Crippen molar-refractivity contribution in [3.63, 3.8) is 0 Å².